The van der Waals surface area contributed by atoms with E-state index in [-0.39, 0.29) is 23.3 Å². The minimum atomic E-state index is -0.158. The summed E-state index contributed by atoms with van der Waals surface area (Å²) in [6.07, 6.45) is 0. The molecule has 2 aromatic carbocycles. The van der Waals surface area contributed by atoms with Crippen LogP contribution in [0, 0.1) is 20.8 Å². The summed E-state index contributed by atoms with van der Waals surface area (Å²) in [6, 6.07) is 11.1. The number of nitrogens with one attached hydrogen (secondary N) is 2. The number of anilines is 2. The summed E-state index contributed by atoms with van der Waals surface area (Å²) in [5.74, 6) is 0.135. The van der Waals surface area contributed by atoms with Gasteiger partial charge in [0, 0.05) is 16.4 Å². The Hall–Kier alpha value is -1.98. The predicted octanol–water partition coefficient (Wildman–Crippen LogP) is 4.58. The molecule has 2 N–H and O–H groups in total. The van der Waals surface area contributed by atoms with E-state index in [1.54, 1.807) is 18.2 Å². The van der Waals surface area contributed by atoms with Crippen molar-refractivity contribution in [2.24, 2.45) is 0 Å². The normalized spacial score (nSPS) is 10.4. The molecule has 4 nitrogen and oxygen atoms in total. The molecule has 0 spiro atoms. The Balaban J connectivity index is 1.77. The second kappa shape index (κ2) is 8.92. The van der Waals surface area contributed by atoms with E-state index >= 15 is 0 Å². The molecule has 0 aliphatic rings. The van der Waals surface area contributed by atoms with Gasteiger partial charge < -0.3 is 10.6 Å². The van der Waals surface area contributed by atoms with E-state index in [2.05, 4.69) is 10.6 Å². The number of carbonyl (C=O) groups is 2. The van der Waals surface area contributed by atoms with Gasteiger partial charge in [0.15, 0.2) is 0 Å². The Labute approximate surface area is 157 Å². The van der Waals surface area contributed by atoms with Gasteiger partial charge in [-0.05, 0) is 61.7 Å². The van der Waals surface area contributed by atoms with Crippen molar-refractivity contribution in [3.8, 4) is 0 Å². The first-order valence-electron chi connectivity index (χ1n) is 7.86. The van der Waals surface area contributed by atoms with Crippen molar-refractivity contribution in [1.29, 1.82) is 0 Å². The fourth-order valence-electron chi connectivity index (χ4n) is 2.18. The van der Waals surface area contributed by atoms with Crippen LogP contribution in [0.4, 0.5) is 11.4 Å². The Bertz CT molecular complexity index is 793. The third-order valence-corrected chi connectivity index (χ3v) is 5.14. The number of aryl methyl sites for hydroxylation is 2. The van der Waals surface area contributed by atoms with Gasteiger partial charge in [0.2, 0.25) is 11.8 Å². The van der Waals surface area contributed by atoms with E-state index in [0.717, 1.165) is 16.8 Å². The molecule has 0 saturated carbocycles. The van der Waals surface area contributed by atoms with Crippen molar-refractivity contribution in [1.82, 2.24) is 0 Å². The number of carbonyl (C=O) groups excluding carboxylic acids is 2. The number of hydrogen-bond donors (Lipinski definition) is 2. The zero-order valence-electron chi connectivity index (χ0n) is 14.5. The van der Waals surface area contributed by atoms with Crippen LogP contribution in [0.5, 0.6) is 0 Å². The smallest absolute Gasteiger partial charge is 0.234 e. The molecule has 0 unspecified atom stereocenters. The van der Waals surface area contributed by atoms with Crippen molar-refractivity contribution >= 4 is 46.6 Å². The predicted molar refractivity (Wildman–Crippen MR) is 107 cm³/mol. The van der Waals surface area contributed by atoms with Gasteiger partial charge in [-0.1, -0.05) is 23.7 Å². The van der Waals surface area contributed by atoms with Gasteiger partial charge in [-0.25, -0.2) is 0 Å². The highest BCUT2D eigenvalue weighted by Gasteiger charge is 2.09. The second-order valence-electron chi connectivity index (χ2n) is 5.80. The number of benzene rings is 2. The summed E-state index contributed by atoms with van der Waals surface area (Å²) >= 11 is 7.30. The Morgan fingerprint density at radius 2 is 1.64 bits per heavy atom. The van der Waals surface area contributed by atoms with Crippen LogP contribution >= 0.6 is 23.4 Å². The first kappa shape index (κ1) is 19.3. The molecule has 6 heteroatoms. The molecule has 0 aromatic heterocycles. The Morgan fingerprint density at radius 3 is 2.32 bits per heavy atom. The Morgan fingerprint density at radius 1 is 0.960 bits per heavy atom. The maximum Gasteiger partial charge on any atom is 0.234 e. The molecule has 2 rings (SSSR count). The third-order valence-electron chi connectivity index (χ3n) is 3.80. The van der Waals surface area contributed by atoms with Crippen LogP contribution in [0.15, 0.2) is 36.4 Å². The largest absolute Gasteiger partial charge is 0.325 e. The number of thioether (sulfide) groups is 1. The zero-order chi connectivity index (χ0) is 18.4. The highest BCUT2D eigenvalue weighted by Crippen LogP contribution is 2.23. The molecule has 0 atom stereocenters. The van der Waals surface area contributed by atoms with Crippen molar-refractivity contribution in [3.05, 3.63) is 58.1 Å². The van der Waals surface area contributed by atoms with Crippen LogP contribution < -0.4 is 10.6 Å². The van der Waals surface area contributed by atoms with Gasteiger partial charge in [0.05, 0.1) is 11.5 Å². The van der Waals surface area contributed by atoms with Gasteiger partial charge in [-0.2, -0.15) is 0 Å². The molecule has 0 aliphatic carbocycles. The lowest BCUT2D eigenvalue weighted by molar-refractivity contribution is -0.114. The first-order valence-corrected chi connectivity index (χ1v) is 9.40. The summed E-state index contributed by atoms with van der Waals surface area (Å²) in [4.78, 5) is 24.0. The second-order valence-corrected chi connectivity index (χ2v) is 7.19. The molecule has 0 aliphatic heterocycles. The van der Waals surface area contributed by atoms with E-state index in [1.165, 1.54) is 17.3 Å². The fraction of sp³-hybridized carbons (Fsp3) is 0.263. The molecule has 0 saturated heterocycles. The van der Waals surface area contributed by atoms with Crippen LogP contribution in [0.2, 0.25) is 5.02 Å². The first-order chi connectivity index (χ1) is 11.9. The topological polar surface area (TPSA) is 58.2 Å². The van der Waals surface area contributed by atoms with Crippen LogP contribution in [0.25, 0.3) is 0 Å². The van der Waals surface area contributed by atoms with Crippen LogP contribution in [0.1, 0.15) is 16.7 Å². The van der Waals surface area contributed by atoms with Crippen LogP contribution in [-0.4, -0.2) is 23.3 Å². The summed E-state index contributed by atoms with van der Waals surface area (Å²) in [7, 11) is 0. The minimum Gasteiger partial charge on any atom is -0.325 e. The van der Waals surface area contributed by atoms with E-state index in [0.29, 0.717) is 10.7 Å². The quantitative estimate of drug-likeness (QED) is 0.776. The number of rotatable bonds is 6. The molecule has 2 aromatic rings. The van der Waals surface area contributed by atoms with Gasteiger partial charge in [-0.3, -0.25) is 9.59 Å². The summed E-state index contributed by atoms with van der Waals surface area (Å²) in [6.45, 7) is 5.88. The molecule has 0 radical (unpaired) electrons. The van der Waals surface area contributed by atoms with Crippen molar-refractivity contribution < 1.29 is 9.59 Å². The van der Waals surface area contributed by atoms with Crippen molar-refractivity contribution in [3.63, 3.8) is 0 Å². The molecular weight excluding hydrogens is 356 g/mol. The summed E-state index contributed by atoms with van der Waals surface area (Å²) in [5.41, 5.74) is 4.60. The molecule has 0 bridgehead atoms. The van der Waals surface area contributed by atoms with E-state index in [9.17, 15) is 9.59 Å². The fourth-order valence-corrected chi connectivity index (χ4v) is 2.97. The lowest BCUT2D eigenvalue weighted by Gasteiger charge is -2.10. The molecule has 0 heterocycles. The highest BCUT2D eigenvalue weighted by atomic mass is 35.5. The minimum absolute atomic E-state index is 0.125. The Kier molecular flexibility index (Phi) is 6.91. The van der Waals surface area contributed by atoms with Gasteiger partial charge >= 0.3 is 0 Å². The average molecular weight is 377 g/mol. The van der Waals surface area contributed by atoms with Crippen LogP contribution in [-0.2, 0) is 9.59 Å². The van der Waals surface area contributed by atoms with Crippen LogP contribution in [0.3, 0.4) is 0 Å². The SMILES string of the molecule is Cc1ccc(NC(=O)CSCC(=O)Nc2cccc(Cl)c2C)cc1C. The van der Waals surface area contributed by atoms with Crippen molar-refractivity contribution in [2.45, 2.75) is 20.8 Å². The molecular formula is C19H21ClN2O2S. The monoisotopic (exact) mass is 376 g/mol. The highest BCUT2D eigenvalue weighted by molar-refractivity contribution is 8.00. The molecule has 2 amide bonds. The maximum absolute atomic E-state index is 12.0. The van der Waals surface area contributed by atoms with Crippen molar-refractivity contribution in [2.75, 3.05) is 22.1 Å². The summed E-state index contributed by atoms with van der Waals surface area (Å²) in [5, 5.41) is 6.26. The standard InChI is InChI=1S/C19H21ClN2O2S/c1-12-7-8-15(9-13(12)2)21-18(23)10-25-11-19(24)22-17-6-4-5-16(20)14(17)3/h4-9H,10-11H2,1-3H3,(H,21,23)(H,22,24). The van der Waals surface area contributed by atoms with E-state index in [4.69, 9.17) is 11.6 Å². The lowest BCUT2D eigenvalue weighted by Crippen LogP contribution is -2.18. The van der Waals surface area contributed by atoms with E-state index in [1.807, 2.05) is 39.0 Å². The molecule has 132 valence electrons. The van der Waals surface area contributed by atoms with Gasteiger partial charge in [-0.15, -0.1) is 11.8 Å². The van der Waals surface area contributed by atoms with Gasteiger partial charge in [0.25, 0.3) is 0 Å². The number of halogens is 1. The van der Waals surface area contributed by atoms with Gasteiger partial charge in [0.1, 0.15) is 0 Å². The summed E-state index contributed by atoms with van der Waals surface area (Å²) < 4.78 is 0. The molecule has 25 heavy (non-hydrogen) atoms. The molecule has 0 fully saturated rings. The van der Waals surface area contributed by atoms with E-state index < -0.39 is 0 Å². The zero-order valence-corrected chi connectivity index (χ0v) is 16.1. The lowest BCUT2D eigenvalue weighted by atomic mass is 10.1. The number of hydrogen-bond acceptors (Lipinski definition) is 3. The number of amides is 2. The third kappa shape index (κ3) is 5.80. The average Bonchev–Trinajstić information content (AvgIpc) is 2.55. The maximum atomic E-state index is 12.0.